The number of benzene rings is 2. The summed E-state index contributed by atoms with van der Waals surface area (Å²) in [7, 11) is 6.61. The molecule has 0 radical (unpaired) electrons. The van der Waals surface area contributed by atoms with Gasteiger partial charge in [-0.1, -0.05) is 0 Å². The number of aliphatic carboxylic acids is 2. The fourth-order valence-corrected chi connectivity index (χ4v) is 2.33. The molecule has 0 aliphatic carbocycles. The molecule has 3 N–H and O–H groups in total. The van der Waals surface area contributed by atoms with Crippen molar-refractivity contribution in [1.29, 1.82) is 0 Å². The van der Waals surface area contributed by atoms with Gasteiger partial charge in [-0.25, -0.2) is 9.59 Å². The Morgan fingerprint density at radius 1 is 0.759 bits per heavy atom. The summed E-state index contributed by atoms with van der Waals surface area (Å²) in [6.07, 6.45) is 0. The van der Waals surface area contributed by atoms with Crippen LogP contribution in [-0.4, -0.2) is 50.6 Å². The van der Waals surface area contributed by atoms with Gasteiger partial charge in [-0.05, 0) is 35.9 Å². The van der Waals surface area contributed by atoms with E-state index in [0.717, 1.165) is 34.1 Å². The fraction of sp³-hybridized carbons (Fsp3) is 0.300. The van der Waals surface area contributed by atoms with Crippen LogP contribution in [0.15, 0.2) is 36.4 Å². The van der Waals surface area contributed by atoms with Crippen LogP contribution in [0.25, 0.3) is 0 Å². The van der Waals surface area contributed by atoms with Gasteiger partial charge >= 0.3 is 11.9 Å². The van der Waals surface area contributed by atoms with Gasteiger partial charge in [0.15, 0.2) is 0 Å². The topological polar surface area (TPSA) is 124 Å². The SMILES string of the molecule is COc1cc(CNCc2cc(OC)ccc2OC)cc(OC)c1.O=C(O)C(=O)O. The summed E-state index contributed by atoms with van der Waals surface area (Å²) >= 11 is 0. The lowest BCUT2D eigenvalue weighted by atomic mass is 10.1. The molecule has 0 saturated carbocycles. The Kier molecular flexibility index (Phi) is 9.83. The summed E-state index contributed by atoms with van der Waals surface area (Å²) in [5.41, 5.74) is 2.13. The molecule has 0 unspecified atom stereocenters. The number of nitrogens with one attached hydrogen (secondary N) is 1. The average Bonchev–Trinajstić information content (AvgIpc) is 2.73. The summed E-state index contributed by atoms with van der Waals surface area (Å²) in [5.74, 6) is -0.447. The lowest BCUT2D eigenvalue weighted by Crippen LogP contribution is -2.13. The number of carboxylic acids is 2. The van der Waals surface area contributed by atoms with Crippen LogP contribution in [0.5, 0.6) is 23.0 Å². The Balaban J connectivity index is 0.000000612. The van der Waals surface area contributed by atoms with E-state index in [1.165, 1.54) is 0 Å². The quantitative estimate of drug-likeness (QED) is 0.565. The standard InChI is InChI=1S/C18H23NO4.C2H2O4/c1-20-15-5-6-18(23-4)14(9-15)12-19-11-13-7-16(21-2)10-17(8-13)22-3;3-1(4)2(5)6/h5-10,19H,11-12H2,1-4H3;(H,3,4)(H,5,6). The molecule has 0 amide bonds. The zero-order chi connectivity index (χ0) is 21.8. The van der Waals surface area contributed by atoms with E-state index in [-0.39, 0.29) is 0 Å². The summed E-state index contributed by atoms with van der Waals surface area (Å²) in [6, 6.07) is 11.6. The summed E-state index contributed by atoms with van der Waals surface area (Å²) < 4.78 is 21.2. The van der Waals surface area contributed by atoms with Crippen molar-refractivity contribution in [1.82, 2.24) is 5.32 Å². The Bertz CT molecular complexity index is 788. The Morgan fingerprint density at radius 2 is 1.31 bits per heavy atom. The highest BCUT2D eigenvalue weighted by Gasteiger charge is 2.06. The third-order valence-electron chi connectivity index (χ3n) is 3.73. The molecular weight excluding hydrogens is 382 g/mol. The van der Waals surface area contributed by atoms with E-state index >= 15 is 0 Å². The number of hydrogen-bond donors (Lipinski definition) is 3. The molecule has 0 aliphatic rings. The zero-order valence-electron chi connectivity index (χ0n) is 16.7. The molecule has 29 heavy (non-hydrogen) atoms. The zero-order valence-corrected chi connectivity index (χ0v) is 16.7. The monoisotopic (exact) mass is 407 g/mol. The Morgan fingerprint density at radius 3 is 1.76 bits per heavy atom. The normalized spacial score (nSPS) is 9.66. The van der Waals surface area contributed by atoms with E-state index in [0.29, 0.717) is 13.1 Å². The summed E-state index contributed by atoms with van der Waals surface area (Å²) in [5, 5.41) is 18.2. The number of rotatable bonds is 8. The van der Waals surface area contributed by atoms with E-state index in [1.807, 2.05) is 36.4 Å². The van der Waals surface area contributed by atoms with Crippen molar-refractivity contribution >= 4 is 11.9 Å². The highest BCUT2D eigenvalue weighted by atomic mass is 16.5. The van der Waals surface area contributed by atoms with Gasteiger partial charge in [0.2, 0.25) is 0 Å². The lowest BCUT2D eigenvalue weighted by Gasteiger charge is -2.12. The first-order valence-electron chi connectivity index (χ1n) is 8.44. The van der Waals surface area contributed by atoms with Gasteiger partial charge in [0.1, 0.15) is 23.0 Å². The minimum Gasteiger partial charge on any atom is -0.497 e. The molecule has 9 nitrogen and oxygen atoms in total. The van der Waals surface area contributed by atoms with Crippen molar-refractivity contribution in [3.05, 3.63) is 47.5 Å². The molecule has 0 saturated heterocycles. The van der Waals surface area contributed by atoms with Crippen LogP contribution in [0, 0.1) is 0 Å². The van der Waals surface area contributed by atoms with Crippen LogP contribution < -0.4 is 24.3 Å². The molecule has 9 heteroatoms. The minimum atomic E-state index is -1.82. The van der Waals surface area contributed by atoms with E-state index in [4.69, 9.17) is 38.7 Å². The molecule has 0 aliphatic heterocycles. The molecule has 2 rings (SSSR count). The fourth-order valence-electron chi connectivity index (χ4n) is 2.33. The number of ether oxygens (including phenoxy) is 4. The number of carboxylic acid groups (broad SMARTS) is 2. The molecule has 0 heterocycles. The molecule has 158 valence electrons. The van der Waals surface area contributed by atoms with Gasteiger partial charge in [0.05, 0.1) is 28.4 Å². The summed E-state index contributed by atoms with van der Waals surface area (Å²) in [6.45, 7) is 1.35. The molecule has 0 atom stereocenters. The largest absolute Gasteiger partial charge is 0.497 e. The first-order valence-corrected chi connectivity index (χ1v) is 8.44. The maximum atomic E-state index is 9.10. The van der Waals surface area contributed by atoms with Gasteiger partial charge in [0, 0.05) is 24.7 Å². The van der Waals surface area contributed by atoms with Crippen molar-refractivity contribution in [2.75, 3.05) is 28.4 Å². The minimum absolute atomic E-state index is 0.667. The predicted molar refractivity (Wildman–Crippen MR) is 105 cm³/mol. The van der Waals surface area contributed by atoms with Crippen LogP contribution in [0.2, 0.25) is 0 Å². The van der Waals surface area contributed by atoms with Gasteiger partial charge in [-0.15, -0.1) is 0 Å². The summed E-state index contributed by atoms with van der Waals surface area (Å²) in [4.78, 5) is 18.2. The molecule has 0 bridgehead atoms. The van der Waals surface area contributed by atoms with Crippen LogP contribution in [-0.2, 0) is 22.7 Å². The van der Waals surface area contributed by atoms with Crippen molar-refractivity contribution in [2.45, 2.75) is 13.1 Å². The third kappa shape index (κ3) is 7.97. The molecule has 0 spiro atoms. The van der Waals surface area contributed by atoms with Crippen LogP contribution in [0.1, 0.15) is 11.1 Å². The molecule has 2 aromatic carbocycles. The number of carbonyl (C=O) groups is 2. The van der Waals surface area contributed by atoms with E-state index in [2.05, 4.69) is 5.32 Å². The van der Waals surface area contributed by atoms with Crippen LogP contribution in [0.3, 0.4) is 0 Å². The maximum Gasteiger partial charge on any atom is 0.414 e. The lowest BCUT2D eigenvalue weighted by molar-refractivity contribution is -0.159. The molecule has 0 aromatic heterocycles. The number of hydrogen-bond acceptors (Lipinski definition) is 7. The van der Waals surface area contributed by atoms with Gasteiger partial charge in [-0.2, -0.15) is 0 Å². The first-order chi connectivity index (χ1) is 13.8. The van der Waals surface area contributed by atoms with Crippen molar-refractivity contribution < 1.29 is 38.7 Å². The molecule has 0 fully saturated rings. The highest BCUT2D eigenvalue weighted by molar-refractivity contribution is 6.27. The Labute approximate surface area is 168 Å². The third-order valence-corrected chi connectivity index (χ3v) is 3.73. The molecular formula is C20H25NO8. The van der Waals surface area contributed by atoms with Crippen molar-refractivity contribution in [2.24, 2.45) is 0 Å². The average molecular weight is 407 g/mol. The second-order valence-electron chi connectivity index (χ2n) is 5.61. The van der Waals surface area contributed by atoms with Gasteiger partial charge < -0.3 is 34.5 Å². The van der Waals surface area contributed by atoms with E-state index in [9.17, 15) is 0 Å². The second-order valence-corrected chi connectivity index (χ2v) is 5.61. The highest BCUT2D eigenvalue weighted by Crippen LogP contribution is 2.25. The molecule has 2 aromatic rings. The maximum absolute atomic E-state index is 9.10. The Hall–Kier alpha value is -3.46. The van der Waals surface area contributed by atoms with Crippen LogP contribution in [0.4, 0.5) is 0 Å². The van der Waals surface area contributed by atoms with E-state index < -0.39 is 11.9 Å². The number of methoxy groups -OCH3 is 4. The van der Waals surface area contributed by atoms with Crippen molar-refractivity contribution in [3.63, 3.8) is 0 Å². The predicted octanol–water partition coefficient (Wildman–Crippen LogP) is 2.17. The van der Waals surface area contributed by atoms with Gasteiger partial charge in [0.25, 0.3) is 0 Å². The van der Waals surface area contributed by atoms with Crippen LogP contribution >= 0.6 is 0 Å². The van der Waals surface area contributed by atoms with Crippen molar-refractivity contribution in [3.8, 4) is 23.0 Å². The first kappa shape index (κ1) is 23.6. The smallest absolute Gasteiger partial charge is 0.414 e. The second kappa shape index (κ2) is 12.1. The van der Waals surface area contributed by atoms with E-state index in [1.54, 1.807) is 28.4 Å². The van der Waals surface area contributed by atoms with Gasteiger partial charge in [-0.3, -0.25) is 0 Å².